The third-order valence-electron chi connectivity index (χ3n) is 2.67. The minimum atomic E-state index is -0.279. The highest BCUT2D eigenvalue weighted by atomic mass is 19.1. The molecule has 0 fully saturated rings. The monoisotopic (exact) mass is 207 g/mol. The summed E-state index contributed by atoms with van der Waals surface area (Å²) in [7, 11) is 0. The van der Waals surface area contributed by atoms with Gasteiger partial charge in [0.1, 0.15) is 5.82 Å². The van der Waals surface area contributed by atoms with Gasteiger partial charge in [0.05, 0.1) is 5.92 Å². The molecule has 3 heteroatoms. The van der Waals surface area contributed by atoms with Crippen molar-refractivity contribution < 1.29 is 9.18 Å². The van der Waals surface area contributed by atoms with Crippen molar-refractivity contribution in [3.8, 4) is 0 Å². The van der Waals surface area contributed by atoms with Gasteiger partial charge in [-0.05, 0) is 36.1 Å². The molecule has 1 aromatic carbocycles. The number of benzene rings is 1. The highest BCUT2D eigenvalue weighted by Gasteiger charge is 2.30. The Morgan fingerprint density at radius 3 is 2.87 bits per heavy atom. The molecule has 1 amide bonds. The normalized spacial score (nSPS) is 19.2. The molecule has 0 saturated heterocycles. The van der Waals surface area contributed by atoms with Crippen LogP contribution < -0.4 is 5.32 Å². The molecule has 80 valence electrons. The van der Waals surface area contributed by atoms with Crippen molar-refractivity contribution in [1.29, 1.82) is 0 Å². The number of anilines is 1. The molecular formula is C12H14FNO. The van der Waals surface area contributed by atoms with Crippen molar-refractivity contribution in [3.63, 3.8) is 0 Å². The lowest BCUT2D eigenvalue weighted by atomic mass is 9.91. The van der Waals surface area contributed by atoms with Crippen LogP contribution >= 0.6 is 0 Å². The number of rotatable bonds is 2. The Bertz CT molecular complexity index is 401. The van der Waals surface area contributed by atoms with Crippen molar-refractivity contribution in [2.75, 3.05) is 5.32 Å². The molecule has 1 atom stereocenters. The molecule has 0 radical (unpaired) electrons. The van der Waals surface area contributed by atoms with Crippen LogP contribution in [-0.2, 0) is 4.79 Å². The fourth-order valence-corrected chi connectivity index (χ4v) is 2.00. The van der Waals surface area contributed by atoms with E-state index < -0.39 is 0 Å². The number of nitrogens with one attached hydrogen (secondary N) is 1. The Morgan fingerprint density at radius 1 is 1.47 bits per heavy atom. The minimum absolute atomic E-state index is 0.00991. The number of amides is 1. The van der Waals surface area contributed by atoms with Gasteiger partial charge in [-0.2, -0.15) is 0 Å². The fraction of sp³-hybridized carbons (Fsp3) is 0.417. The van der Waals surface area contributed by atoms with E-state index in [2.05, 4.69) is 19.2 Å². The Hall–Kier alpha value is -1.38. The Morgan fingerprint density at radius 2 is 2.20 bits per heavy atom. The standard InChI is InChI=1S/C12H14FNO/c1-7(2)5-10-9-6-8(13)3-4-11(9)14-12(10)15/h3-4,6-7,10H,5H2,1-2H3,(H,14,15). The van der Waals surface area contributed by atoms with Gasteiger partial charge in [-0.25, -0.2) is 4.39 Å². The largest absolute Gasteiger partial charge is 0.325 e. The second-order valence-corrected chi connectivity index (χ2v) is 4.40. The van der Waals surface area contributed by atoms with Crippen molar-refractivity contribution in [3.05, 3.63) is 29.6 Å². The molecule has 1 aliphatic heterocycles. The average molecular weight is 207 g/mol. The highest BCUT2D eigenvalue weighted by Crippen LogP contribution is 2.36. The number of carbonyl (C=O) groups excluding carboxylic acids is 1. The summed E-state index contributed by atoms with van der Waals surface area (Å²) in [5, 5.41) is 2.77. The van der Waals surface area contributed by atoms with Gasteiger partial charge >= 0.3 is 0 Å². The van der Waals surface area contributed by atoms with E-state index in [-0.39, 0.29) is 17.6 Å². The van der Waals surface area contributed by atoms with Crippen molar-refractivity contribution in [2.45, 2.75) is 26.2 Å². The SMILES string of the molecule is CC(C)CC1C(=O)Nc2ccc(F)cc21. The smallest absolute Gasteiger partial charge is 0.232 e. The van der Waals surface area contributed by atoms with E-state index in [4.69, 9.17) is 0 Å². The molecule has 1 heterocycles. The predicted octanol–water partition coefficient (Wildman–Crippen LogP) is 2.91. The lowest BCUT2D eigenvalue weighted by molar-refractivity contribution is -0.117. The summed E-state index contributed by atoms with van der Waals surface area (Å²) in [4.78, 5) is 11.6. The Labute approximate surface area is 88.5 Å². The number of halogens is 1. The first-order valence-electron chi connectivity index (χ1n) is 5.18. The van der Waals surface area contributed by atoms with E-state index >= 15 is 0 Å². The zero-order valence-electron chi connectivity index (χ0n) is 8.88. The maximum atomic E-state index is 13.1. The molecule has 1 N–H and O–H groups in total. The van der Waals surface area contributed by atoms with Crippen LogP contribution in [0.1, 0.15) is 31.7 Å². The van der Waals surface area contributed by atoms with Gasteiger partial charge in [0.2, 0.25) is 5.91 Å². The van der Waals surface area contributed by atoms with Gasteiger partial charge in [0, 0.05) is 5.69 Å². The Kier molecular flexibility index (Phi) is 2.47. The van der Waals surface area contributed by atoms with E-state index in [1.54, 1.807) is 6.07 Å². The van der Waals surface area contributed by atoms with Crippen LogP contribution in [0.2, 0.25) is 0 Å². The predicted molar refractivity (Wildman–Crippen MR) is 57.2 cm³/mol. The summed E-state index contributed by atoms with van der Waals surface area (Å²) in [6.07, 6.45) is 0.766. The van der Waals surface area contributed by atoms with Crippen molar-refractivity contribution in [1.82, 2.24) is 0 Å². The van der Waals surface area contributed by atoms with Crippen LogP contribution in [0.3, 0.4) is 0 Å². The maximum Gasteiger partial charge on any atom is 0.232 e. The molecular weight excluding hydrogens is 193 g/mol. The second-order valence-electron chi connectivity index (χ2n) is 4.40. The van der Waals surface area contributed by atoms with Crippen LogP contribution in [0, 0.1) is 11.7 Å². The van der Waals surface area contributed by atoms with E-state index in [1.165, 1.54) is 12.1 Å². The molecule has 0 bridgehead atoms. The molecule has 0 aromatic heterocycles. The van der Waals surface area contributed by atoms with Crippen LogP contribution in [-0.4, -0.2) is 5.91 Å². The number of hydrogen-bond donors (Lipinski definition) is 1. The molecule has 15 heavy (non-hydrogen) atoms. The van der Waals surface area contributed by atoms with E-state index in [0.717, 1.165) is 17.7 Å². The van der Waals surface area contributed by atoms with Gasteiger partial charge in [-0.15, -0.1) is 0 Å². The highest BCUT2D eigenvalue weighted by molar-refractivity contribution is 6.02. The van der Waals surface area contributed by atoms with E-state index in [0.29, 0.717) is 5.92 Å². The van der Waals surface area contributed by atoms with Crippen LogP contribution in [0.4, 0.5) is 10.1 Å². The molecule has 2 rings (SSSR count). The zero-order chi connectivity index (χ0) is 11.0. The van der Waals surface area contributed by atoms with Gasteiger partial charge < -0.3 is 5.32 Å². The van der Waals surface area contributed by atoms with E-state index in [9.17, 15) is 9.18 Å². The molecule has 0 spiro atoms. The van der Waals surface area contributed by atoms with Gasteiger partial charge in [0.25, 0.3) is 0 Å². The summed E-state index contributed by atoms with van der Waals surface area (Å²) >= 11 is 0. The molecule has 1 aromatic rings. The molecule has 0 aliphatic carbocycles. The summed E-state index contributed by atoms with van der Waals surface area (Å²) in [5.41, 5.74) is 1.56. The first kappa shape index (κ1) is 10.1. The lowest BCUT2D eigenvalue weighted by Crippen LogP contribution is -2.13. The summed E-state index contributed by atoms with van der Waals surface area (Å²) in [5.74, 6) is -0.0472. The van der Waals surface area contributed by atoms with Crippen LogP contribution in [0.25, 0.3) is 0 Å². The quantitative estimate of drug-likeness (QED) is 0.793. The Balaban J connectivity index is 2.35. The van der Waals surface area contributed by atoms with Gasteiger partial charge in [0.15, 0.2) is 0 Å². The fourth-order valence-electron chi connectivity index (χ4n) is 2.00. The first-order chi connectivity index (χ1) is 7.08. The average Bonchev–Trinajstić information content (AvgIpc) is 2.43. The third kappa shape index (κ3) is 1.87. The zero-order valence-corrected chi connectivity index (χ0v) is 8.88. The third-order valence-corrected chi connectivity index (χ3v) is 2.67. The van der Waals surface area contributed by atoms with E-state index in [1.807, 2.05) is 0 Å². The number of hydrogen-bond acceptors (Lipinski definition) is 1. The lowest BCUT2D eigenvalue weighted by Gasteiger charge is -2.11. The summed E-state index contributed by atoms with van der Waals surface area (Å²) < 4.78 is 13.1. The molecule has 2 nitrogen and oxygen atoms in total. The number of fused-ring (bicyclic) bond motifs is 1. The second kappa shape index (κ2) is 3.65. The molecule has 0 saturated carbocycles. The topological polar surface area (TPSA) is 29.1 Å². The summed E-state index contributed by atoms with van der Waals surface area (Å²) in [6.45, 7) is 4.12. The first-order valence-corrected chi connectivity index (χ1v) is 5.18. The molecule has 1 aliphatic rings. The van der Waals surface area contributed by atoms with Crippen molar-refractivity contribution >= 4 is 11.6 Å². The van der Waals surface area contributed by atoms with Crippen LogP contribution in [0.5, 0.6) is 0 Å². The maximum absolute atomic E-state index is 13.1. The van der Waals surface area contributed by atoms with Gasteiger partial charge in [-0.1, -0.05) is 13.8 Å². The molecule has 1 unspecified atom stereocenters. The number of carbonyl (C=O) groups is 1. The van der Waals surface area contributed by atoms with Crippen LogP contribution in [0.15, 0.2) is 18.2 Å². The summed E-state index contributed by atoms with van der Waals surface area (Å²) in [6, 6.07) is 4.46. The van der Waals surface area contributed by atoms with Crippen molar-refractivity contribution in [2.24, 2.45) is 5.92 Å². The van der Waals surface area contributed by atoms with Gasteiger partial charge in [-0.3, -0.25) is 4.79 Å². The minimum Gasteiger partial charge on any atom is -0.325 e.